The molecule has 0 heteroatoms. The minimum Gasteiger partial charge on any atom is -0.0991 e. The summed E-state index contributed by atoms with van der Waals surface area (Å²) in [7, 11) is 0. The molecule has 0 aromatic rings. The van der Waals surface area contributed by atoms with Gasteiger partial charge in [0.2, 0.25) is 0 Å². The number of rotatable bonds is 12. The van der Waals surface area contributed by atoms with E-state index in [0.717, 1.165) is 0 Å². The Morgan fingerprint density at radius 1 is 0.600 bits per heavy atom. The van der Waals surface area contributed by atoms with Crippen LogP contribution in [0.1, 0.15) is 78.1 Å². The van der Waals surface area contributed by atoms with E-state index in [4.69, 9.17) is 0 Å². The van der Waals surface area contributed by atoms with E-state index >= 15 is 0 Å². The van der Waals surface area contributed by atoms with Gasteiger partial charge >= 0.3 is 0 Å². The molecular formula is C20H36. The summed E-state index contributed by atoms with van der Waals surface area (Å²) in [6, 6.07) is 0. The Morgan fingerprint density at radius 2 is 1.05 bits per heavy atom. The van der Waals surface area contributed by atoms with Gasteiger partial charge in [-0.15, -0.1) is 0 Å². The summed E-state index contributed by atoms with van der Waals surface area (Å²) in [5, 5.41) is 0. The number of hydrogen-bond acceptors (Lipinski definition) is 0. The van der Waals surface area contributed by atoms with Gasteiger partial charge in [-0.05, 0) is 19.3 Å². The van der Waals surface area contributed by atoms with Crippen LogP contribution in [-0.4, -0.2) is 0 Å². The maximum atomic E-state index is 3.63. The SMILES string of the molecule is C=C/C=C/CCCCCCCC.C=CC=CCCCC. The second-order valence-corrected chi connectivity index (χ2v) is 5.03. The molecule has 0 spiro atoms. The smallest absolute Gasteiger partial charge is 0.0348 e. The van der Waals surface area contributed by atoms with Crippen LogP contribution < -0.4 is 0 Å². The Hall–Kier alpha value is -1.04. The molecule has 0 saturated carbocycles. The van der Waals surface area contributed by atoms with E-state index in [1.54, 1.807) is 0 Å². The zero-order chi connectivity index (χ0) is 15.3. The van der Waals surface area contributed by atoms with Gasteiger partial charge in [0, 0.05) is 0 Å². The fraction of sp³-hybridized carbons (Fsp3) is 0.600. The molecule has 0 nitrogen and oxygen atoms in total. The molecule has 0 aliphatic carbocycles. The van der Waals surface area contributed by atoms with Gasteiger partial charge in [-0.1, -0.05) is 108 Å². The Kier molecular flexibility index (Phi) is 24.5. The molecule has 0 radical (unpaired) electrons. The zero-order valence-corrected chi connectivity index (χ0v) is 13.9. The van der Waals surface area contributed by atoms with Crippen LogP contribution in [-0.2, 0) is 0 Å². The summed E-state index contributed by atoms with van der Waals surface area (Å²) in [6.45, 7) is 11.7. The molecule has 0 amide bonds. The highest BCUT2D eigenvalue weighted by molar-refractivity contribution is 4.97. The van der Waals surface area contributed by atoms with Crippen molar-refractivity contribution in [2.45, 2.75) is 78.1 Å². The Morgan fingerprint density at radius 3 is 1.55 bits per heavy atom. The maximum Gasteiger partial charge on any atom is -0.0348 e. The zero-order valence-electron chi connectivity index (χ0n) is 13.9. The molecule has 0 aromatic heterocycles. The molecule has 20 heavy (non-hydrogen) atoms. The highest BCUT2D eigenvalue weighted by Gasteiger charge is 1.87. The third-order valence-electron chi connectivity index (χ3n) is 2.99. The predicted molar refractivity (Wildman–Crippen MR) is 96.2 cm³/mol. The second kappa shape index (κ2) is 23.1. The molecule has 0 aromatic carbocycles. The lowest BCUT2D eigenvalue weighted by molar-refractivity contribution is 0.611. The summed E-state index contributed by atoms with van der Waals surface area (Å²) < 4.78 is 0. The van der Waals surface area contributed by atoms with E-state index < -0.39 is 0 Å². The van der Waals surface area contributed by atoms with Gasteiger partial charge in [-0.3, -0.25) is 0 Å². The van der Waals surface area contributed by atoms with Gasteiger partial charge in [0.05, 0.1) is 0 Å². The normalized spacial score (nSPS) is 10.5. The number of unbranched alkanes of at least 4 members (excludes halogenated alkanes) is 8. The van der Waals surface area contributed by atoms with Crippen molar-refractivity contribution in [2.24, 2.45) is 0 Å². The van der Waals surface area contributed by atoms with E-state index in [-0.39, 0.29) is 0 Å². The van der Waals surface area contributed by atoms with Crippen LogP contribution in [0.2, 0.25) is 0 Å². The predicted octanol–water partition coefficient (Wildman–Crippen LogP) is 7.40. The molecule has 0 saturated heterocycles. The average Bonchev–Trinajstić information content (AvgIpc) is 2.47. The summed E-state index contributed by atoms with van der Waals surface area (Å²) in [4.78, 5) is 0. The maximum absolute atomic E-state index is 3.63. The first-order valence-corrected chi connectivity index (χ1v) is 8.38. The van der Waals surface area contributed by atoms with Crippen molar-refractivity contribution in [3.05, 3.63) is 49.6 Å². The Labute approximate surface area is 128 Å². The van der Waals surface area contributed by atoms with Gasteiger partial charge < -0.3 is 0 Å². The summed E-state index contributed by atoms with van der Waals surface area (Å²) in [5.41, 5.74) is 0. The van der Waals surface area contributed by atoms with E-state index in [2.05, 4.69) is 39.2 Å². The summed E-state index contributed by atoms with van der Waals surface area (Å²) >= 11 is 0. The van der Waals surface area contributed by atoms with Gasteiger partial charge in [-0.25, -0.2) is 0 Å². The van der Waals surface area contributed by atoms with Crippen molar-refractivity contribution in [3.63, 3.8) is 0 Å². The van der Waals surface area contributed by atoms with Crippen molar-refractivity contribution < 1.29 is 0 Å². The first kappa shape index (κ1) is 21.3. The summed E-state index contributed by atoms with van der Waals surface area (Å²) in [6.07, 6.45) is 25.3. The monoisotopic (exact) mass is 276 g/mol. The van der Waals surface area contributed by atoms with Crippen LogP contribution in [0.15, 0.2) is 49.6 Å². The first-order chi connectivity index (χ1) is 9.83. The lowest BCUT2D eigenvalue weighted by atomic mass is 10.1. The highest BCUT2D eigenvalue weighted by atomic mass is 13.9. The first-order valence-electron chi connectivity index (χ1n) is 8.38. The van der Waals surface area contributed by atoms with Gasteiger partial charge in [0.15, 0.2) is 0 Å². The quantitative estimate of drug-likeness (QED) is 0.257. The molecule has 0 aliphatic rings. The Balaban J connectivity index is 0. The van der Waals surface area contributed by atoms with E-state index in [0.29, 0.717) is 0 Å². The van der Waals surface area contributed by atoms with Crippen molar-refractivity contribution in [1.29, 1.82) is 0 Å². The lowest BCUT2D eigenvalue weighted by Gasteiger charge is -1.96. The van der Waals surface area contributed by atoms with E-state index in [1.807, 2.05) is 24.3 Å². The van der Waals surface area contributed by atoms with Gasteiger partial charge in [-0.2, -0.15) is 0 Å². The summed E-state index contributed by atoms with van der Waals surface area (Å²) in [5.74, 6) is 0. The van der Waals surface area contributed by atoms with Crippen LogP contribution >= 0.6 is 0 Å². The largest absolute Gasteiger partial charge is 0.0991 e. The molecule has 0 N–H and O–H groups in total. The Bertz CT molecular complexity index is 232. The van der Waals surface area contributed by atoms with Crippen LogP contribution in [0.4, 0.5) is 0 Å². The molecule has 0 atom stereocenters. The average molecular weight is 277 g/mol. The van der Waals surface area contributed by atoms with Crippen LogP contribution in [0.3, 0.4) is 0 Å². The van der Waals surface area contributed by atoms with Crippen molar-refractivity contribution in [3.8, 4) is 0 Å². The van der Waals surface area contributed by atoms with E-state index in [9.17, 15) is 0 Å². The van der Waals surface area contributed by atoms with Crippen molar-refractivity contribution in [1.82, 2.24) is 0 Å². The minimum atomic E-state index is 1.20. The molecule has 0 fully saturated rings. The highest BCUT2D eigenvalue weighted by Crippen LogP contribution is 2.06. The second-order valence-electron chi connectivity index (χ2n) is 5.03. The van der Waals surface area contributed by atoms with Gasteiger partial charge in [0.25, 0.3) is 0 Å². The minimum absolute atomic E-state index is 1.20. The van der Waals surface area contributed by atoms with Crippen molar-refractivity contribution in [2.75, 3.05) is 0 Å². The fourth-order valence-corrected chi connectivity index (χ4v) is 1.75. The van der Waals surface area contributed by atoms with Crippen molar-refractivity contribution >= 4 is 0 Å². The van der Waals surface area contributed by atoms with E-state index in [1.165, 1.54) is 64.2 Å². The van der Waals surface area contributed by atoms with Crippen LogP contribution in [0.5, 0.6) is 0 Å². The molecule has 0 aliphatic heterocycles. The van der Waals surface area contributed by atoms with Crippen LogP contribution in [0.25, 0.3) is 0 Å². The standard InChI is InChI=1S/C12H22.C8H14/c1-3-5-7-9-11-12-10-8-6-4-2;1-3-5-7-8-6-4-2/h3,5,7H,1,4,6,8-12H2,2H3;3,5,7H,1,4,6,8H2,2H3/b7-5+;. The third-order valence-corrected chi connectivity index (χ3v) is 2.99. The molecular weight excluding hydrogens is 240 g/mol. The molecule has 0 bridgehead atoms. The number of hydrogen-bond donors (Lipinski definition) is 0. The molecule has 0 rings (SSSR count). The molecule has 0 heterocycles. The fourth-order valence-electron chi connectivity index (χ4n) is 1.75. The third kappa shape index (κ3) is 25.7. The molecule has 0 unspecified atom stereocenters. The molecule has 116 valence electrons. The number of allylic oxidation sites excluding steroid dienone is 6. The van der Waals surface area contributed by atoms with Gasteiger partial charge in [0.1, 0.15) is 0 Å². The van der Waals surface area contributed by atoms with Crippen LogP contribution in [0, 0.1) is 0 Å². The lowest BCUT2D eigenvalue weighted by Crippen LogP contribution is -1.77. The topological polar surface area (TPSA) is 0 Å².